The van der Waals surface area contributed by atoms with Gasteiger partial charge in [0.05, 0.1) is 23.4 Å². The number of hydrogen-bond acceptors (Lipinski definition) is 5. The zero-order chi connectivity index (χ0) is 26.5. The molecule has 1 amide bonds. The lowest BCUT2D eigenvalue weighted by Crippen LogP contribution is -2.42. The van der Waals surface area contributed by atoms with Crippen molar-refractivity contribution in [3.63, 3.8) is 0 Å². The number of nitrogens with one attached hydrogen (secondary N) is 1. The molecule has 4 rings (SSSR count). The summed E-state index contributed by atoms with van der Waals surface area (Å²) in [5, 5.41) is 3.18. The maximum Gasteiger partial charge on any atom is 0.495 e. The van der Waals surface area contributed by atoms with Crippen LogP contribution in [0.25, 0.3) is 0 Å². The van der Waals surface area contributed by atoms with Crippen molar-refractivity contribution in [2.45, 2.75) is 103 Å². The quantitative estimate of drug-likeness (QED) is 0.463. The van der Waals surface area contributed by atoms with E-state index in [0.29, 0.717) is 23.8 Å². The molecule has 194 valence electrons. The average molecular weight is 509 g/mol. The summed E-state index contributed by atoms with van der Waals surface area (Å²) in [5.41, 5.74) is 3.14. The first-order valence-electron chi connectivity index (χ1n) is 13.0. The van der Waals surface area contributed by atoms with Crippen molar-refractivity contribution < 1.29 is 18.5 Å². The minimum Gasteiger partial charge on any atom is -0.412 e. The van der Waals surface area contributed by atoms with Crippen LogP contribution in [0.1, 0.15) is 88.8 Å². The average Bonchev–Trinajstić information content (AvgIpc) is 3.59. The minimum absolute atomic E-state index is 0.0602. The first-order chi connectivity index (χ1) is 16.6. The van der Waals surface area contributed by atoms with E-state index in [2.05, 4.69) is 44.2 Å². The second kappa shape index (κ2) is 9.39. The molecule has 0 atom stereocenters. The van der Waals surface area contributed by atoms with Crippen LogP contribution in [-0.2, 0) is 20.3 Å². The van der Waals surface area contributed by atoms with Gasteiger partial charge in [0.1, 0.15) is 0 Å². The highest BCUT2D eigenvalue weighted by molar-refractivity contribution is 6.74. The number of benzene rings is 1. The Morgan fingerprint density at radius 2 is 1.75 bits per heavy atom. The summed E-state index contributed by atoms with van der Waals surface area (Å²) in [6, 6.07) is 9.69. The Labute approximate surface area is 217 Å². The Kier molecular flexibility index (Phi) is 7.05. The smallest absolute Gasteiger partial charge is 0.412 e. The van der Waals surface area contributed by atoms with Gasteiger partial charge in [-0.3, -0.25) is 9.78 Å². The van der Waals surface area contributed by atoms with Gasteiger partial charge < -0.3 is 19.1 Å². The van der Waals surface area contributed by atoms with Crippen LogP contribution in [0, 0.1) is 0 Å². The van der Waals surface area contributed by atoms with Gasteiger partial charge in [-0.1, -0.05) is 32.9 Å². The first kappa shape index (κ1) is 27.0. The summed E-state index contributed by atoms with van der Waals surface area (Å²) in [4.78, 5) is 17.7. The number of anilines is 1. The molecule has 0 unspecified atom stereocenters. The van der Waals surface area contributed by atoms with Crippen LogP contribution < -0.4 is 10.8 Å². The molecule has 1 aliphatic heterocycles. The van der Waals surface area contributed by atoms with Crippen LogP contribution >= 0.6 is 0 Å². The molecule has 1 N–H and O–H groups in total. The van der Waals surface area contributed by atoms with E-state index >= 15 is 0 Å². The van der Waals surface area contributed by atoms with E-state index in [9.17, 15) is 4.79 Å². The lowest BCUT2D eigenvalue weighted by molar-refractivity contribution is 0.00578. The molecule has 0 spiro atoms. The summed E-state index contributed by atoms with van der Waals surface area (Å²) in [6.07, 6.45) is 4.04. The van der Waals surface area contributed by atoms with E-state index in [-0.39, 0.29) is 10.9 Å². The van der Waals surface area contributed by atoms with Crippen molar-refractivity contribution in [1.29, 1.82) is 0 Å². The van der Waals surface area contributed by atoms with Crippen molar-refractivity contribution in [3.05, 3.63) is 53.3 Å². The SMILES string of the molecule is CC1(C)OB(c2cccc(NC(=O)c3ccc(C4CC4)nc3)c2CO[Si](C)(C)C(C)(C)C)OC1(C)C. The van der Waals surface area contributed by atoms with E-state index in [1.165, 1.54) is 12.8 Å². The normalized spacial score (nSPS) is 19.4. The lowest BCUT2D eigenvalue weighted by atomic mass is 9.75. The van der Waals surface area contributed by atoms with Crippen LogP contribution in [0.5, 0.6) is 0 Å². The van der Waals surface area contributed by atoms with Gasteiger partial charge >= 0.3 is 7.12 Å². The summed E-state index contributed by atoms with van der Waals surface area (Å²) in [7, 11) is -2.60. The molecule has 2 fully saturated rings. The molecule has 8 heteroatoms. The molecule has 1 aromatic carbocycles. The molecule has 1 aromatic heterocycles. The van der Waals surface area contributed by atoms with Gasteiger partial charge in [0.25, 0.3) is 5.91 Å². The molecular weight excluding hydrogens is 467 g/mol. The van der Waals surface area contributed by atoms with Crippen molar-refractivity contribution in [3.8, 4) is 0 Å². The van der Waals surface area contributed by atoms with Crippen molar-refractivity contribution in [2.24, 2.45) is 0 Å². The van der Waals surface area contributed by atoms with Crippen LogP contribution in [0.15, 0.2) is 36.5 Å². The second-order valence-electron chi connectivity index (χ2n) is 12.7. The number of nitrogens with zero attached hydrogens (tertiary/aromatic N) is 1. The summed E-state index contributed by atoms with van der Waals surface area (Å²) in [6.45, 7) is 19.7. The first-order valence-corrected chi connectivity index (χ1v) is 15.9. The van der Waals surface area contributed by atoms with Gasteiger partial charge in [-0.2, -0.15) is 0 Å². The molecule has 6 nitrogen and oxygen atoms in total. The zero-order valence-corrected chi connectivity index (χ0v) is 24.3. The maximum atomic E-state index is 13.2. The van der Waals surface area contributed by atoms with Crippen LogP contribution in [0.2, 0.25) is 18.1 Å². The number of carbonyl (C=O) groups is 1. The number of hydrogen-bond donors (Lipinski definition) is 1. The maximum absolute atomic E-state index is 13.2. The molecule has 1 saturated heterocycles. The van der Waals surface area contributed by atoms with Gasteiger partial charge in [0, 0.05) is 23.5 Å². The summed E-state index contributed by atoms with van der Waals surface area (Å²) in [5.74, 6) is 0.363. The Morgan fingerprint density at radius 3 is 2.28 bits per heavy atom. The van der Waals surface area contributed by atoms with Crippen LogP contribution in [0.3, 0.4) is 0 Å². The topological polar surface area (TPSA) is 69.7 Å². The molecule has 1 saturated carbocycles. The Balaban J connectivity index is 1.65. The van der Waals surface area contributed by atoms with E-state index in [4.69, 9.17) is 13.7 Å². The number of carbonyl (C=O) groups excluding carboxylic acids is 1. The third kappa shape index (κ3) is 5.47. The van der Waals surface area contributed by atoms with Crippen LogP contribution in [-0.4, -0.2) is 37.5 Å². The molecule has 2 aliphatic rings. The molecule has 36 heavy (non-hydrogen) atoms. The Bertz CT molecular complexity index is 1110. The summed E-state index contributed by atoms with van der Waals surface area (Å²) < 4.78 is 19.4. The van der Waals surface area contributed by atoms with Gasteiger partial charge in [-0.25, -0.2) is 0 Å². The van der Waals surface area contributed by atoms with Crippen LogP contribution in [0.4, 0.5) is 5.69 Å². The van der Waals surface area contributed by atoms with Crippen molar-refractivity contribution >= 4 is 32.5 Å². The predicted molar refractivity (Wildman–Crippen MR) is 148 cm³/mol. The van der Waals surface area contributed by atoms with E-state index in [1.54, 1.807) is 6.20 Å². The molecule has 0 bridgehead atoms. The third-order valence-electron chi connectivity index (χ3n) is 8.40. The van der Waals surface area contributed by atoms with E-state index < -0.39 is 26.6 Å². The molecule has 0 radical (unpaired) electrons. The lowest BCUT2D eigenvalue weighted by Gasteiger charge is -2.36. The van der Waals surface area contributed by atoms with E-state index in [1.807, 2.05) is 58.0 Å². The largest absolute Gasteiger partial charge is 0.495 e. The fourth-order valence-corrected chi connectivity index (χ4v) is 4.84. The highest BCUT2D eigenvalue weighted by Gasteiger charge is 2.52. The van der Waals surface area contributed by atoms with Gasteiger partial charge in [-0.15, -0.1) is 0 Å². The number of aromatic nitrogens is 1. The molecule has 2 heterocycles. The predicted octanol–water partition coefficient (Wildman–Crippen LogP) is 6.03. The highest BCUT2D eigenvalue weighted by atomic mass is 28.4. The van der Waals surface area contributed by atoms with E-state index in [0.717, 1.165) is 16.7 Å². The highest BCUT2D eigenvalue weighted by Crippen LogP contribution is 2.40. The Morgan fingerprint density at radius 1 is 1.11 bits per heavy atom. The van der Waals surface area contributed by atoms with Crippen molar-refractivity contribution in [2.75, 3.05) is 5.32 Å². The number of amides is 1. The standard InChI is InChI=1S/C28H41BN2O4Si/c1-26(2,3)36(8,9)33-18-21-22(29-34-27(4,5)28(6,7)35-29)11-10-12-24(21)31-25(32)20-15-16-23(30-17-20)19-13-14-19/h10-12,15-17,19H,13-14,18H2,1-9H3,(H,31,32). The summed E-state index contributed by atoms with van der Waals surface area (Å²) >= 11 is 0. The number of rotatable bonds is 7. The van der Waals surface area contributed by atoms with Gasteiger partial charge in [0.15, 0.2) is 8.32 Å². The number of pyridine rings is 1. The van der Waals surface area contributed by atoms with Crippen molar-refractivity contribution in [1.82, 2.24) is 4.98 Å². The molecular formula is C28H41BN2O4Si. The molecule has 1 aliphatic carbocycles. The fourth-order valence-electron chi connectivity index (χ4n) is 3.90. The Hall–Kier alpha value is -2.00. The molecule has 2 aromatic rings. The second-order valence-corrected chi connectivity index (χ2v) is 17.5. The fraction of sp³-hybridized carbons (Fsp3) is 0.571. The minimum atomic E-state index is -2.05. The monoisotopic (exact) mass is 508 g/mol. The van der Waals surface area contributed by atoms with Gasteiger partial charge in [0.2, 0.25) is 0 Å². The zero-order valence-electron chi connectivity index (χ0n) is 23.3. The third-order valence-corrected chi connectivity index (χ3v) is 12.9. The van der Waals surface area contributed by atoms with Gasteiger partial charge in [-0.05, 0) is 87.9 Å².